The summed E-state index contributed by atoms with van der Waals surface area (Å²) in [4.78, 5) is 12.6. The number of rotatable bonds is 5. The van der Waals surface area contributed by atoms with E-state index in [1.807, 2.05) is 74.5 Å². The van der Waals surface area contributed by atoms with Gasteiger partial charge in [0.1, 0.15) is 0 Å². The molecule has 0 radical (unpaired) electrons. The molecule has 23 heavy (non-hydrogen) atoms. The first-order chi connectivity index (χ1) is 11.1. The average Bonchev–Trinajstić information content (AvgIpc) is 2.93. The minimum Gasteiger partial charge on any atom is -0.408 e. The fraction of sp³-hybridized carbons (Fsp3) is 0.316. The predicted molar refractivity (Wildman–Crippen MR) is 91.4 cm³/mol. The number of benzene rings is 2. The van der Waals surface area contributed by atoms with Gasteiger partial charge in [0.15, 0.2) is 5.78 Å². The van der Waals surface area contributed by atoms with Gasteiger partial charge in [-0.3, -0.25) is 4.79 Å². The molecule has 1 fully saturated rings. The molecule has 118 valence electrons. The number of carbonyl (C=O) groups excluding carboxylic acids is 1. The maximum atomic E-state index is 12.6. The summed E-state index contributed by atoms with van der Waals surface area (Å²) in [6.07, 6.45) is 0.370. The van der Waals surface area contributed by atoms with Crippen molar-refractivity contribution in [3.8, 4) is 0 Å². The molecule has 3 rings (SSSR count). The molecule has 1 saturated heterocycles. The predicted octanol–water partition coefficient (Wildman–Crippen LogP) is 3.90. The molecule has 0 N–H and O–H groups in total. The first-order valence-corrected chi connectivity index (χ1v) is 7.98. The van der Waals surface area contributed by atoms with Crippen LogP contribution in [0, 0.1) is 0 Å². The Balaban J connectivity index is 1.83. The van der Waals surface area contributed by atoms with Crippen molar-refractivity contribution in [1.82, 2.24) is 0 Å². The smallest absolute Gasteiger partial charge is 0.408 e. The van der Waals surface area contributed by atoms with Crippen LogP contribution in [0.5, 0.6) is 0 Å². The fourth-order valence-electron chi connectivity index (χ4n) is 2.88. The van der Waals surface area contributed by atoms with Crippen molar-refractivity contribution in [1.29, 1.82) is 0 Å². The second-order valence-electron chi connectivity index (χ2n) is 6.57. The molecule has 2 aromatic carbocycles. The van der Waals surface area contributed by atoms with Gasteiger partial charge in [0, 0.05) is 17.8 Å². The largest absolute Gasteiger partial charge is 0.465 e. The molecule has 1 aliphatic heterocycles. The summed E-state index contributed by atoms with van der Waals surface area (Å²) in [5.74, 6) is 0.00189. The van der Waals surface area contributed by atoms with Crippen molar-refractivity contribution in [2.75, 3.05) is 6.61 Å². The molecule has 1 aliphatic rings. The van der Waals surface area contributed by atoms with Crippen LogP contribution in [0.15, 0.2) is 60.7 Å². The third-order valence-corrected chi connectivity index (χ3v) is 4.09. The van der Waals surface area contributed by atoms with Crippen molar-refractivity contribution < 1.29 is 14.1 Å². The highest BCUT2D eigenvalue weighted by Gasteiger charge is 2.43. The summed E-state index contributed by atoms with van der Waals surface area (Å²) in [7, 11) is -0.389. The Morgan fingerprint density at radius 2 is 1.70 bits per heavy atom. The second-order valence-corrected chi connectivity index (χ2v) is 6.57. The zero-order valence-electron chi connectivity index (χ0n) is 13.6. The quantitative estimate of drug-likeness (QED) is 0.621. The third-order valence-electron chi connectivity index (χ3n) is 4.09. The highest BCUT2D eigenvalue weighted by molar-refractivity contribution is 6.48. The Morgan fingerprint density at radius 1 is 1.09 bits per heavy atom. The summed E-state index contributed by atoms with van der Waals surface area (Å²) in [5, 5.41) is 0. The molecule has 0 bridgehead atoms. The van der Waals surface area contributed by atoms with Crippen molar-refractivity contribution in [2.24, 2.45) is 0 Å². The van der Waals surface area contributed by atoms with Gasteiger partial charge in [0.25, 0.3) is 0 Å². The van der Waals surface area contributed by atoms with Gasteiger partial charge in [0.05, 0.1) is 12.2 Å². The van der Waals surface area contributed by atoms with Crippen LogP contribution in [0.3, 0.4) is 0 Å². The van der Waals surface area contributed by atoms with Crippen molar-refractivity contribution in [3.63, 3.8) is 0 Å². The Labute approximate surface area is 137 Å². The minimum atomic E-state index is -0.389. The number of Topliss-reactive ketones (excluding diaryl/α,β-unsaturated/α-hetero) is 1. The van der Waals surface area contributed by atoms with Crippen LogP contribution in [0.2, 0.25) is 0 Å². The van der Waals surface area contributed by atoms with E-state index in [4.69, 9.17) is 9.31 Å². The molecule has 1 heterocycles. The molecule has 0 unspecified atom stereocenters. The van der Waals surface area contributed by atoms with E-state index in [1.54, 1.807) is 0 Å². The molecular weight excluding hydrogens is 287 g/mol. The van der Waals surface area contributed by atoms with Crippen LogP contribution >= 0.6 is 0 Å². The second kappa shape index (κ2) is 6.69. The number of carbonyl (C=O) groups is 1. The summed E-state index contributed by atoms with van der Waals surface area (Å²) >= 11 is 0. The molecular formula is C19H21BO3. The van der Waals surface area contributed by atoms with Crippen molar-refractivity contribution >= 4 is 12.9 Å². The van der Waals surface area contributed by atoms with Crippen molar-refractivity contribution in [3.05, 3.63) is 71.8 Å². The van der Waals surface area contributed by atoms with E-state index in [0.29, 0.717) is 13.0 Å². The highest BCUT2D eigenvalue weighted by Crippen LogP contribution is 2.32. The molecule has 3 nitrogen and oxygen atoms in total. The number of hydrogen-bond donors (Lipinski definition) is 0. The zero-order chi connectivity index (χ0) is 16.3. The van der Waals surface area contributed by atoms with Gasteiger partial charge >= 0.3 is 7.12 Å². The van der Waals surface area contributed by atoms with Gasteiger partial charge < -0.3 is 9.31 Å². The lowest BCUT2D eigenvalue weighted by Crippen LogP contribution is -2.31. The van der Waals surface area contributed by atoms with E-state index in [0.717, 1.165) is 11.1 Å². The minimum absolute atomic E-state index is 0.106. The number of ketones is 1. The fourth-order valence-corrected chi connectivity index (χ4v) is 2.88. The lowest BCUT2D eigenvalue weighted by molar-refractivity contribution is 0.0972. The Hall–Kier alpha value is -1.91. The Kier molecular flexibility index (Phi) is 4.65. The van der Waals surface area contributed by atoms with Crippen LogP contribution in [-0.2, 0) is 9.31 Å². The van der Waals surface area contributed by atoms with Gasteiger partial charge in [-0.15, -0.1) is 0 Å². The van der Waals surface area contributed by atoms with Crippen LogP contribution in [-0.4, -0.2) is 25.1 Å². The van der Waals surface area contributed by atoms with Crippen LogP contribution in [0.25, 0.3) is 0 Å². The van der Waals surface area contributed by atoms with Crippen molar-refractivity contribution in [2.45, 2.75) is 31.7 Å². The van der Waals surface area contributed by atoms with Gasteiger partial charge in [-0.1, -0.05) is 60.7 Å². The van der Waals surface area contributed by atoms with E-state index in [1.165, 1.54) is 0 Å². The molecule has 2 aromatic rings. The van der Waals surface area contributed by atoms with Gasteiger partial charge in [-0.05, 0) is 19.4 Å². The summed E-state index contributed by atoms with van der Waals surface area (Å²) in [6, 6.07) is 19.4. The maximum Gasteiger partial charge on any atom is 0.465 e. The van der Waals surface area contributed by atoms with Gasteiger partial charge in [0.2, 0.25) is 0 Å². The Bertz CT molecular complexity index is 655. The zero-order valence-corrected chi connectivity index (χ0v) is 13.6. The van der Waals surface area contributed by atoms with Crippen LogP contribution < -0.4 is 0 Å². The third kappa shape index (κ3) is 3.90. The number of hydrogen-bond acceptors (Lipinski definition) is 3. The molecule has 4 heteroatoms. The lowest BCUT2D eigenvalue weighted by atomic mass is 9.65. The monoisotopic (exact) mass is 308 g/mol. The highest BCUT2D eigenvalue weighted by atomic mass is 16.7. The summed E-state index contributed by atoms with van der Waals surface area (Å²) in [5.41, 5.74) is 1.48. The lowest BCUT2D eigenvalue weighted by Gasteiger charge is -2.21. The van der Waals surface area contributed by atoms with E-state index >= 15 is 0 Å². The molecule has 0 amide bonds. The van der Waals surface area contributed by atoms with Gasteiger partial charge in [-0.2, -0.15) is 0 Å². The average molecular weight is 308 g/mol. The molecule has 0 aromatic heterocycles. The topological polar surface area (TPSA) is 35.5 Å². The maximum absolute atomic E-state index is 12.6. The molecule has 1 atom stereocenters. The van der Waals surface area contributed by atoms with E-state index in [9.17, 15) is 4.79 Å². The first-order valence-electron chi connectivity index (χ1n) is 7.98. The van der Waals surface area contributed by atoms with Crippen LogP contribution in [0.4, 0.5) is 0 Å². The summed E-state index contributed by atoms with van der Waals surface area (Å²) < 4.78 is 11.9. The normalized spacial score (nSPS) is 17.9. The summed E-state index contributed by atoms with van der Waals surface area (Å²) in [6.45, 7) is 4.56. The van der Waals surface area contributed by atoms with Gasteiger partial charge in [-0.25, -0.2) is 0 Å². The van der Waals surface area contributed by atoms with Crippen LogP contribution in [0.1, 0.15) is 42.0 Å². The SMILES string of the molecule is CC1(C)COB([C@@H](CC(=O)c2ccccc2)c2ccccc2)O1. The standard InChI is InChI=1S/C19H21BO3/c1-19(2)14-22-20(23-19)17(15-9-5-3-6-10-15)13-18(21)16-11-7-4-8-12-16/h3-12,17H,13-14H2,1-2H3/t17-/m0/s1. The van der Waals surface area contributed by atoms with E-state index in [-0.39, 0.29) is 24.3 Å². The van der Waals surface area contributed by atoms with E-state index in [2.05, 4.69) is 0 Å². The van der Waals surface area contributed by atoms with E-state index < -0.39 is 0 Å². The Morgan fingerprint density at radius 3 is 2.26 bits per heavy atom. The molecule has 0 spiro atoms. The first kappa shape index (κ1) is 16.0. The molecule has 0 aliphatic carbocycles. The molecule has 0 saturated carbocycles.